The van der Waals surface area contributed by atoms with Gasteiger partial charge in [-0.15, -0.1) is 0 Å². The van der Waals surface area contributed by atoms with Crippen LogP contribution in [0.5, 0.6) is 5.75 Å². The minimum atomic E-state index is -0.243. The highest BCUT2D eigenvalue weighted by molar-refractivity contribution is 5.65. The molecule has 0 aliphatic heterocycles. The van der Waals surface area contributed by atoms with Gasteiger partial charge in [0.15, 0.2) is 0 Å². The van der Waals surface area contributed by atoms with E-state index in [0.29, 0.717) is 13.2 Å². The summed E-state index contributed by atoms with van der Waals surface area (Å²) in [6, 6.07) is 8.03. The van der Waals surface area contributed by atoms with E-state index in [1.807, 2.05) is 18.2 Å². The molecule has 0 heterocycles. The molecule has 0 aliphatic rings. The van der Waals surface area contributed by atoms with Gasteiger partial charge in [-0.25, -0.2) is 0 Å². The van der Waals surface area contributed by atoms with Gasteiger partial charge in [0.25, 0.3) is 0 Å². The monoisotopic (exact) mass is 222 g/mol. The van der Waals surface area contributed by atoms with Crippen molar-refractivity contribution in [1.82, 2.24) is 0 Å². The lowest BCUT2D eigenvalue weighted by Crippen LogP contribution is -2.05. The summed E-state index contributed by atoms with van der Waals surface area (Å²) in [7, 11) is 0. The standard InChI is InChI=1S/C13H18O3/c1-3-12-6-4-7-13(10-12)16-9-5-8-15-11(2)14/h4,6-7,10H,3,5,8-9H2,1-2H3. The van der Waals surface area contributed by atoms with E-state index in [9.17, 15) is 4.79 Å². The van der Waals surface area contributed by atoms with Crippen molar-refractivity contribution in [2.45, 2.75) is 26.7 Å². The molecule has 16 heavy (non-hydrogen) atoms. The van der Waals surface area contributed by atoms with Crippen LogP contribution in [-0.2, 0) is 16.0 Å². The number of carbonyl (C=O) groups excluding carboxylic acids is 1. The molecule has 1 aromatic rings. The highest BCUT2D eigenvalue weighted by Crippen LogP contribution is 2.13. The Morgan fingerprint density at radius 1 is 1.31 bits per heavy atom. The van der Waals surface area contributed by atoms with Gasteiger partial charge in [0.2, 0.25) is 0 Å². The van der Waals surface area contributed by atoms with E-state index in [2.05, 4.69) is 13.0 Å². The van der Waals surface area contributed by atoms with E-state index < -0.39 is 0 Å². The summed E-state index contributed by atoms with van der Waals surface area (Å²) in [6.45, 7) is 4.51. The van der Waals surface area contributed by atoms with Crippen molar-refractivity contribution in [2.24, 2.45) is 0 Å². The predicted molar refractivity (Wildman–Crippen MR) is 62.6 cm³/mol. The Kier molecular flexibility index (Phi) is 5.40. The zero-order chi connectivity index (χ0) is 11.8. The van der Waals surface area contributed by atoms with E-state index in [-0.39, 0.29) is 5.97 Å². The van der Waals surface area contributed by atoms with Gasteiger partial charge in [0, 0.05) is 13.3 Å². The number of hydrogen-bond donors (Lipinski definition) is 0. The maximum absolute atomic E-state index is 10.5. The van der Waals surface area contributed by atoms with Gasteiger partial charge in [-0.2, -0.15) is 0 Å². The van der Waals surface area contributed by atoms with Gasteiger partial charge in [0.1, 0.15) is 5.75 Å². The van der Waals surface area contributed by atoms with E-state index >= 15 is 0 Å². The lowest BCUT2D eigenvalue weighted by atomic mass is 10.2. The third kappa shape index (κ3) is 4.82. The second-order valence-electron chi connectivity index (χ2n) is 3.54. The quantitative estimate of drug-likeness (QED) is 0.548. The molecule has 1 rings (SSSR count). The van der Waals surface area contributed by atoms with Crippen molar-refractivity contribution in [2.75, 3.05) is 13.2 Å². The molecule has 0 saturated heterocycles. The van der Waals surface area contributed by atoms with Crippen molar-refractivity contribution in [3.05, 3.63) is 29.8 Å². The molecule has 0 N–H and O–H groups in total. The van der Waals surface area contributed by atoms with Gasteiger partial charge in [-0.1, -0.05) is 19.1 Å². The number of hydrogen-bond acceptors (Lipinski definition) is 3. The van der Waals surface area contributed by atoms with Crippen molar-refractivity contribution >= 4 is 5.97 Å². The van der Waals surface area contributed by atoms with Crippen molar-refractivity contribution in [1.29, 1.82) is 0 Å². The van der Waals surface area contributed by atoms with Crippen LogP contribution in [-0.4, -0.2) is 19.2 Å². The number of aryl methyl sites for hydroxylation is 1. The van der Waals surface area contributed by atoms with Gasteiger partial charge < -0.3 is 9.47 Å². The zero-order valence-corrected chi connectivity index (χ0v) is 9.86. The van der Waals surface area contributed by atoms with E-state index in [4.69, 9.17) is 9.47 Å². The van der Waals surface area contributed by atoms with Crippen LogP contribution in [0.3, 0.4) is 0 Å². The second kappa shape index (κ2) is 6.88. The van der Waals surface area contributed by atoms with Crippen LogP contribution >= 0.6 is 0 Å². The summed E-state index contributed by atoms with van der Waals surface area (Å²) in [5, 5.41) is 0. The van der Waals surface area contributed by atoms with Crippen LogP contribution in [0.1, 0.15) is 25.8 Å². The molecule has 0 unspecified atom stereocenters. The van der Waals surface area contributed by atoms with Crippen molar-refractivity contribution < 1.29 is 14.3 Å². The van der Waals surface area contributed by atoms with E-state index in [1.165, 1.54) is 12.5 Å². The molecule has 0 radical (unpaired) electrons. The first-order valence-electron chi connectivity index (χ1n) is 5.57. The second-order valence-corrected chi connectivity index (χ2v) is 3.54. The molecule has 0 fully saturated rings. The smallest absolute Gasteiger partial charge is 0.302 e. The zero-order valence-electron chi connectivity index (χ0n) is 9.86. The first-order chi connectivity index (χ1) is 7.72. The Hall–Kier alpha value is -1.51. The van der Waals surface area contributed by atoms with Gasteiger partial charge in [-0.3, -0.25) is 4.79 Å². The minimum absolute atomic E-state index is 0.243. The largest absolute Gasteiger partial charge is 0.493 e. The third-order valence-electron chi connectivity index (χ3n) is 2.17. The summed E-state index contributed by atoms with van der Waals surface area (Å²) >= 11 is 0. The molecule has 0 aliphatic carbocycles. The Bertz CT molecular complexity index is 334. The highest BCUT2D eigenvalue weighted by atomic mass is 16.5. The summed E-state index contributed by atoms with van der Waals surface area (Å²) < 4.78 is 10.3. The molecule has 0 aromatic heterocycles. The fourth-order valence-corrected chi connectivity index (χ4v) is 1.32. The Balaban J connectivity index is 2.23. The molecular weight excluding hydrogens is 204 g/mol. The maximum atomic E-state index is 10.5. The predicted octanol–water partition coefficient (Wildman–Crippen LogP) is 2.58. The fourth-order valence-electron chi connectivity index (χ4n) is 1.32. The Morgan fingerprint density at radius 3 is 2.81 bits per heavy atom. The Morgan fingerprint density at radius 2 is 2.12 bits per heavy atom. The molecule has 0 atom stereocenters. The van der Waals surface area contributed by atoms with E-state index in [1.54, 1.807) is 0 Å². The molecule has 0 amide bonds. The van der Waals surface area contributed by atoms with Crippen LogP contribution in [0.15, 0.2) is 24.3 Å². The van der Waals surface area contributed by atoms with Gasteiger partial charge in [0.05, 0.1) is 13.2 Å². The number of ether oxygens (including phenoxy) is 2. The number of carbonyl (C=O) groups is 1. The van der Waals surface area contributed by atoms with Crippen LogP contribution in [0.25, 0.3) is 0 Å². The van der Waals surface area contributed by atoms with Crippen LogP contribution < -0.4 is 4.74 Å². The summed E-state index contributed by atoms with van der Waals surface area (Å²) in [5.74, 6) is 0.634. The van der Waals surface area contributed by atoms with Gasteiger partial charge >= 0.3 is 5.97 Å². The molecular formula is C13H18O3. The lowest BCUT2D eigenvalue weighted by Gasteiger charge is -2.07. The third-order valence-corrected chi connectivity index (χ3v) is 2.17. The fraction of sp³-hybridized carbons (Fsp3) is 0.462. The molecule has 0 saturated carbocycles. The lowest BCUT2D eigenvalue weighted by molar-refractivity contribution is -0.141. The molecule has 88 valence electrons. The summed E-state index contributed by atoms with van der Waals surface area (Å²) in [6.07, 6.45) is 1.72. The normalized spacial score (nSPS) is 9.88. The Labute approximate surface area is 96.4 Å². The molecule has 3 heteroatoms. The first kappa shape index (κ1) is 12.6. The van der Waals surface area contributed by atoms with E-state index in [0.717, 1.165) is 18.6 Å². The molecule has 1 aromatic carbocycles. The average molecular weight is 222 g/mol. The maximum Gasteiger partial charge on any atom is 0.302 e. The van der Waals surface area contributed by atoms with Crippen molar-refractivity contribution in [3.8, 4) is 5.75 Å². The number of rotatable bonds is 6. The van der Waals surface area contributed by atoms with Crippen LogP contribution in [0, 0.1) is 0 Å². The molecule has 3 nitrogen and oxygen atoms in total. The van der Waals surface area contributed by atoms with Crippen molar-refractivity contribution in [3.63, 3.8) is 0 Å². The first-order valence-corrected chi connectivity index (χ1v) is 5.57. The highest BCUT2D eigenvalue weighted by Gasteiger charge is 1.96. The van der Waals surface area contributed by atoms with Crippen LogP contribution in [0.4, 0.5) is 0 Å². The summed E-state index contributed by atoms with van der Waals surface area (Å²) in [5.41, 5.74) is 1.26. The molecule has 0 bridgehead atoms. The topological polar surface area (TPSA) is 35.5 Å². The van der Waals surface area contributed by atoms with Crippen LogP contribution in [0.2, 0.25) is 0 Å². The van der Waals surface area contributed by atoms with Gasteiger partial charge in [-0.05, 0) is 24.1 Å². The molecule has 0 spiro atoms. The average Bonchev–Trinajstić information content (AvgIpc) is 2.28. The minimum Gasteiger partial charge on any atom is -0.493 e. The SMILES string of the molecule is CCc1cccc(OCCCOC(C)=O)c1. The summed E-state index contributed by atoms with van der Waals surface area (Å²) in [4.78, 5) is 10.5. The number of esters is 1. The number of benzene rings is 1.